The molecule has 0 saturated carbocycles. The van der Waals surface area contributed by atoms with Crippen LogP contribution in [0.25, 0.3) is 6.08 Å². The Morgan fingerprint density at radius 3 is 2.48 bits per heavy atom. The molecule has 0 aliphatic heterocycles. The van der Waals surface area contributed by atoms with Gasteiger partial charge in [0, 0.05) is 11.3 Å². The summed E-state index contributed by atoms with van der Waals surface area (Å²) in [7, 11) is 0. The molecule has 0 atom stereocenters. The van der Waals surface area contributed by atoms with Gasteiger partial charge in [-0.2, -0.15) is 10.5 Å². The molecule has 0 unspecified atom stereocenters. The number of amides is 1. The molecule has 0 bridgehead atoms. The number of benzene rings is 3. The number of nitrogens with one attached hydrogen (secondary N) is 1. The Bertz CT molecular complexity index is 1210. The Hall–Kier alpha value is -4.35. The third kappa shape index (κ3) is 5.59. The predicted molar refractivity (Wildman–Crippen MR) is 120 cm³/mol. The van der Waals surface area contributed by atoms with Crippen LogP contribution in [0.1, 0.15) is 27.8 Å². The highest BCUT2D eigenvalue weighted by Gasteiger charge is 2.11. The molecule has 1 amide bonds. The van der Waals surface area contributed by atoms with Gasteiger partial charge in [-0.3, -0.25) is 4.79 Å². The smallest absolute Gasteiger partial charge is 0.266 e. The van der Waals surface area contributed by atoms with Crippen molar-refractivity contribution in [3.8, 4) is 17.9 Å². The van der Waals surface area contributed by atoms with Crippen molar-refractivity contribution in [2.75, 3.05) is 5.32 Å². The van der Waals surface area contributed by atoms with Gasteiger partial charge in [0.05, 0.1) is 11.6 Å². The lowest BCUT2D eigenvalue weighted by Crippen LogP contribution is -2.14. The monoisotopic (exact) mass is 407 g/mol. The SMILES string of the molecule is Cc1ccc(C)c(NC(=O)/C(C#N)=C/c2ccc(OCc3ccccc3C#N)cc2)c1. The van der Waals surface area contributed by atoms with Gasteiger partial charge in [0.2, 0.25) is 0 Å². The van der Waals surface area contributed by atoms with Crippen LogP contribution in [-0.2, 0) is 11.4 Å². The molecule has 0 spiro atoms. The minimum atomic E-state index is -0.454. The molecule has 0 aromatic heterocycles. The van der Waals surface area contributed by atoms with E-state index in [1.807, 2.05) is 56.3 Å². The van der Waals surface area contributed by atoms with Crippen molar-refractivity contribution in [2.24, 2.45) is 0 Å². The highest BCUT2D eigenvalue weighted by molar-refractivity contribution is 6.10. The van der Waals surface area contributed by atoms with Gasteiger partial charge in [0.25, 0.3) is 5.91 Å². The van der Waals surface area contributed by atoms with Crippen molar-refractivity contribution in [1.29, 1.82) is 10.5 Å². The first-order chi connectivity index (χ1) is 15.0. The second-order valence-corrected chi connectivity index (χ2v) is 7.07. The summed E-state index contributed by atoms with van der Waals surface area (Å²) in [5.41, 5.74) is 4.74. The van der Waals surface area contributed by atoms with Crippen molar-refractivity contribution in [3.05, 3.63) is 100 Å². The molecule has 5 heteroatoms. The normalized spacial score (nSPS) is 10.6. The number of rotatable bonds is 6. The van der Waals surface area contributed by atoms with Crippen LogP contribution in [0.15, 0.2) is 72.3 Å². The molecule has 3 aromatic carbocycles. The zero-order valence-corrected chi connectivity index (χ0v) is 17.3. The fourth-order valence-electron chi connectivity index (χ4n) is 2.95. The number of nitrogens with zero attached hydrogens (tertiary/aromatic N) is 2. The van der Waals surface area contributed by atoms with Crippen LogP contribution in [0.5, 0.6) is 5.75 Å². The third-order valence-electron chi connectivity index (χ3n) is 4.73. The zero-order chi connectivity index (χ0) is 22.2. The standard InChI is InChI=1S/C26H21N3O2/c1-18-7-8-19(2)25(13-18)29-26(30)23(16-28)14-20-9-11-24(12-10-20)31-17-22-6-4-3-5-21(22)15-27/h3-14H,17H2,1-2H3,(H,29,30)/b23-14+. The van der Waals surface area contributed by atoms with Gasteiger partial charge < -0.3 is 10.1 Å². The van der Waals surface area contributed by atoms with Crippen LogP contribution < -0.4 is 10.1 Å². The summed E-state index contributed by atoms with van der Waals surface area (Å²) < 4.78 is 5.76. The van der Waals surface area contributed by atoms with Gasteiger partial charge in [0.15, 0.2) is 0 Å². The number of hydrogen-bond donors (Lipinski definition) is 1. The number of nitriles is 2. The molecule has 0 heterocycles. The molecular formula is C26H21N3O2. The second kappa shape index (κ2) is 9.91. The van der Waals surface area contributed by atoms with Crippen molar-refractivity contribution < 1.29 is 9.53 Å². The lowest BCUT2D eigenvalue weighted by molar-refractivity contribution is -0.112. The van der Waals surface area contributed by atoms with Gasteiger partial charge in [-0.05, 0) is 60.9 Å². The summed E-state index contributed by atoms with van der Waals surface area (Å²) in [4.78, 5) is 12.5. The molecule has 0 fully saturated rings. The molecule has 5 nitrogen and oxygen atoms in total. The van der Waals surface area contributed by atoms with E-state index in [1.54, 1.807) is 30.3 Å². The maximum atomic E-state index is 12.5. The van der Waals surface area contributed by atoms with Crippen LogP contribution in [0.4, 0.5) is 5.69 Å². The van der Waals surface area contributed by atoms with Gasteiger partial charge in [0.1, 0.15) is 24.0 Å². The Balaban J connectivity index is 1.69. The van der Waals surface area contributed by atoms with Gasteiger partial charge >= 0.3 is 0 Å². The van der Waals surface area contributed by atoms with E-state index in [9.17, 15) is 10.1 Å². The fourth-order valence-corrected chi connectivity index (χ4v) is 2.95. The van der Waals surface area contributed by atoms with E-state index < -0.39 is 5.91 Å². The Kier molecular flexibility index (Phi) is 6.83. The van der Waals surface area contributed by atoms with Crippen LogP contribution in [0, 0.1) is 36.5 Å². The zero-order valence-electron chi connectivity index (χ0n) is 17.3. The van der Waals surface area contributed by atoms with E-state index in [0.717, 1.165) is 16.7 Å². The minimum absolute atomic E-state index is 0.0116. The van der Waals surface area contributed by atoms with Crippen LogP contribution >= 0.6 is 0 Å². The molecule has 3 rings (SSSR count). The van der Waals surface area contributed by atoms with E-state index in [1.165, 1.54) is 6.08 Å². The number of anilines is 1. The summed E-state index contributed by atoms with van der Waals surface area (Å²) in [6, 6.07) is 24.2. The summed E-state index contributed by atoms with van der Waals surface area (Å²) in [5.74, 6) is 0.174. The van der Waals surface area contributed by atoms with E-state index in [2.05, 4.69) is 11.4 Å². The van der Waals surface area contributed by atoms with Gasteiger partial charge in [-0.1, -0.05) is 42.5 Å². The number of carbonyl (C=O) groups excluding carboxylic acids is 1. The lowest BCUT2D eigenvalue weighted by atomic mass is 10.1. The third-order valence-corrected chi connectivity index (χ3v) is 4.73. The van der Waals surface area contributed by atoms with Crippen LogP contribution in [0.3, 0.4) is 0 Å². The topological polar surface area (TPSA) is 85.9 Å². The first kappa shape index (κ1) is 21.4. The van der Waals surface area contributed by atoms with E-state index in [4.69, 9.17) is 10.00 Å². The first-order valence-corrected chi connectivity index (χ1v) is 9.71. The van der Waals surface area contributed by atoms with E-state index in [-0.39, 0.29) is 12.2 Å². The maximum Gasteiger partial charge on any atom is 0.266 e. The Labute approximate surface area is 181 Å². The maximum absolute atomic E-state index is 12.5. The molecule has 0 aliphatic rings. The molecule has 0 saturated heterocycles. The van der Waals surface area contributed by atoms with Crippen molar-refractivity contribution in [1.82, 2.24) is 0 Å². The first-order valence-electron chi connectivity index (χ1n) is 9.71. The van der Waals surface area contributed by atoms with E-state index in [0.29, 0.717) is 22.6 Å². The minimum Gasteiger partial charge on any atom is -0.489 e. The van der Waals surface area contributed by atoms with Crippen LogP contribution in [-0.4, -0.2) is 5.91 Å². The van der Waals surface area contributed by atoms with Gasteiger partial charge in [-0.25, -0.2) is 0 Å². The quantitative estimate of drug-likeness (QED) is 0.444. The largest absolute Gasteiger partial charge is 0.489 e. The number of aryl methyl sites for hydroxylation is 2. The fraction of sp³-hybridized carbons (Fsp3) is 0.115. The Morgan fingerprint density at radius 2 is 1.77 bits per heavy atom. The van der Waals surface area contributed by atoms with Crippen molar-refractivity contribution in [2.45, 2.75) is 20.5 Å². The lowest BCUT2D eigenvalue weighted by Gasteiger charge is -2.09. The highest BCUT2D eigenvalue weighted by Crippen LogP contribution is 2.20. The summed E-state index contributed by atoms with van der Waals surface area (Å²) in [6.07, 6.45) is 1.54. The molecule has 152 valence electrons. The second-order valence-electron chi connectivity index (χ2n) is 7.07. The summed E-state index contributed by atoms with van der Waals surface area (Å²) in [5, 5.41) is 21.4. The predicted octanol–water partition coefficient (Wildman–Crippen LogP) is 5.30. The number of hydrogen-bond acceptors (Lipinski definition) is 4. The highest BCUT2D eigenvalue weighted by atomic mass is 16.5. The van der Waals surface area contributed by atoms with Gasteiger partial charge in [-0.15, -0.1) is 0 Å². The molecule has 31 heavy (non-hydrogen) atoms. The molecule has 0 aliphatic carbocycles. The molecule has 0 radical (unpaired) electrons. The van der Waals surface area contributed by atoms with Crippen LogP contribution in [0.2, 0.25) is 0 Å². The number of carbonyl (C=O) groups is 1. The van der Waals surface area contributed by atoms with Crippen molar-refractivity contribution in [3.63, 3.8) is 0 Å². The Morgan fingerprint density at radius 1 is 1.03 bits per heavy atom. The molecule has 3 aromatic rings. The van der Waals surface area contributed by atoms with Crippen molar-refractivity contribution >= 4 is 17.7 Å². The summed E-state index contributed by atoms with van der Waals surface area (Å²) in [6.45, 7) is 4.12. The van der Waals surface area contributed by atoms with E-state index >= 15 is 0 Å². The molecule has 1 N–H and O–H groups in total. The molecular weight excluding hydrogens is 386 g/mol. The number of ether oxygens (including phenoxy) is 1. The average Bonchev–Trinajstić information content (AvgIpc) is 2.79. The average molecular weight is 407 g/mol. The summed E-state index contributed by atoms with van der Waals surface area (Å²) >= 11 is 0.